The van der Waals surface area contributed by atoms with Gasteiger partial charge in [0, 0.05) is 12.6 Å². The zero-order valence-electron chi connectivity index (χ0n) is 13.0. The minimum absolute atomic E-state index is 0.00635. The maximum atomic E-state index is 12.3. The highest BCUT2D eigenvalue weighted by Crippen LogP contribution is 2.27. The number of amides is 1. The zero-order valence-corrected chi connectivity index (χ0v) is 13.8. The predicted molar refractivity (Wildman–Crippen MR) is 88.1 cm³/mol. The van der Waals surface area contributed by atoms with Crippen molar-refractivity contribution in [1.82, 2.24) is 10.2 Å². The summed E-state index contributed by atoms with van der Waals surface area (Å²) in [5, 5.41) is 6.76. The summed E-state index contributed by atoms with van der Waals surface area (Å²) in [7, 11) is 1.95. The Morgan fingerprint density at radius 1 is 1.43 bits per heavy atom. The van der Waals surface area contributed by atoms with Crippen molar-refractivity contribution in [2.24, 2.45) is 0 Å². The summed E-state index contributed by atoms with van der Waals surface area (Å²) >= 11 is 6.24. The van der Waals surface area contributed by atoms with E-state index in [0.717, 1.165) is 42.7 Å². The Hall–Kier alpha value is -1.10. The van der Waals surface area contributed by atoms with Crippen LogP contribution in [0.3, 0.4) is 0 Å². The van der Waals surface area contributed by atoms with E-state index in [0.29, 0.717) is 17.6 Å². The molecule has 1 aromatic carbocycles. The first kappa shape index (κ1) is 16.3. The number of carbonyl (C=O) groups excluding carboxylic acids is 1. The van der Waals surface area contributed by atoms with E-state index < -0.39 is 0 Å². The molecular formula is C16H24ClN3O. The van der Waals surface area contributed by atoms with E-state index in [2.05, 4.69) is 15.5 Å². The zero-order chi connectivity index (χ0) is 15.4. The van der Waals surface area contributed by atoms with Crippen LogP contribution in [0, 0.1) is 13.8 Å². The molecule has 0 radical (unpaired) electrons. The van der Waals surface area contributed by atoms with Crippen molar-refractivity contribution in [1.29, 1.82) is 0 Å². The van der Waals surface area contributed by atoms with Crippen LogP contribution in [-0.4, -0.2) is 43.5 Å². The first-order chi connectivity index (χ1) is 10.0. The lowest BCUT2D eigenvalue weighted by atomic mass is 10.1. The van der Waals surface area contributed by atoms with Crippen molar-refractivity contribution in [3.8, 4) is 0 Å². The second kappa shape index (κ2) is 7.25. The molecule has 4 nitrogen and oxygen atoms in total. The fraction of sp³-hybridized carbons (Fsp3) is 0.562. The summed E-state index contributed by atoms with van der Waals surface area (Å²) in [5.74, 6) is 0.00635. The topological polar surface area (TPSA) is 44.4 Å². The van der Waals surface area contributed by atoms with Gasteiger partial charge in [0.1, 0.15) is 0 Å². The molecule has 2 rings (SSSR count). The number of anilines is 1. The van der Waals surface area contributed by atoms with Crippen LogP contribution < -0.4 is 10.6 Å². The van der Waals surface area contributed by atoms with Gasteiger partial charge in [-0.1, -0.05) is 17.7 Å². The molecule has 1 fully saturated rings. The van der Waals surface area contributed by atoms with Gasteiger partial charge >= 0.3 is 0 Å². The maximum Gasteiger partial charge on any atom is 0.238 e. The Morgan fingerprint density at radius 3 is 2.86 bits per heavy atom. The van der Waals surface area contributed by atoms with Crippen molar-refractivity contribution < 1.29 is 4.79 Å². The molecule has 1 aliphatic rings. The number of hydrogen-bond acceptors (Lipinski definition) is 3. The Labute approximate surface area is 131 Å². The number of rotatable bonds is 5. The third-order valence-corrected chi connectivity index (χ3v) is 4.28. The number of halogens is 1. The summed E-state index contributed by atoms with van der Waals surface area (Å²) in [6.07, 6.45) is 2.31. The molecular weight excluding hydrogens is 286 g/mol. The third kappa shape index (κ3) is 4.19. The monoisotopic (exact) mass is 309 g/mol. The van der Waals surface area contributed by atoms with Crippen molar-refractivity contribution in [3.05, 3.63) is 28.3 Å². The summed E-state index contributed by atoms with van der Waals surface area (Å²) in [4.78, 5) is 14.5. The number of carbonyl (C=O) groups is 1. The van der Waals surface area contributed by atoms with Gasteiger partial charge in [-0.25, -0.2) is 0 Å². The van der Waals surface area contributed by atoms with Gasteiger partial charge in [-0.05, 0) is 57.5 Å². The molecule has 0 aliphatic carbocycles. The standard InChI is InChI=1S/C16H24ClN3O/c1-11-7-12(2)16(14(17)8-11)19-15(21)10-20-6-4-5-13(20)9-18-3/h7-8,13,18H,4-6,9-10H2,1-3H3,(H,19,21). The number of likely N-dealkylation sites (tertiary alicyclic amines) is 1. The molecule has 1 aliphatic heterocycles. The highest BCUT2D eigenvalue weighted by molar-refractivity contribution is 6.34. The number of hydrogen-bond donors (Lipinski definition) is 2. The number of benzene rings is 1. The normalized spacial score (nSPS) is 19.0. The number of nitrogens with one attached hydrogen (secondary N) is 2. The van der Waals surface area contributed by atoms with E-state index in [1.54, 1.807) is 0 Å². The Morgan fingerprint density at radius 2 is 2.19 bits per heavy atom. The molecule has 116 valence electrons. The molecule has 0 aromatic heterocycles. The van der Waals surface area contributed by atoms with Crippen molar-refractivity contribution in [2.75, 3.05) is 32.0 Å². The Kier molecular flexibility index (Phi) is 5.62. The first-order valence-electron chi connectivity index (χ1n) is 7.46. The molecule has 21 heavy (non-hydrogen) atoms. The van der Waals surface area contributed by atoms with E-state index in [4.69, 9.17) is 11.6 Å². The first-order valence-corrected chi connectivity index (χ1v) is 7.84. The van der Waals surface area contributed by atoms with Crippen LogP contribution >= 0.6 is 11.6 Å². The highest BCUT2D eigenvalue weighted by atomic mass is 35.5. The minimum atomic E-state index is 0.00635. The highest BCUT2D eigenvalue weighted by Gasteiger charge is 2.25. The van der Waals surface area contributed by atoms with Gasteiger partial charge in [-0.15, -0.1) is 0 Å². The molecule has 1 unspecified atom stereocenters. The average molecular weight is 310 g/mol. The third-order valence-electron chi connectivity index (χ3n) is 3.98. The Balaban J connectivity index is 1.99. The van der Waals surface area contributed by atoms with Crippen molar-refractivity contribution in [3.63, 3.8) is 0 Å². The molecule has 1 saturated heterocycles. The van der Waals surface area contributed by atoms with Crippen LogP contribution in [0.2, 0.25) is 5.02 Å². The summed E-state index contributed by atoms with van der Waals surface area (Å²) in [6.45, 7) is 6.30. The molecule has 2 N–H and O–H groups in total. The van der Waals surface area contributed by atoms with Crippen LogP contribution in [0.25, 0.3) is 0 Å². The van der Waals surface area contributed by atoms with Crippen molar-refractivity contribution in [2.45, 2.75) is 32.7 Å². The lowest BCUT2D eigenvalue weighted by Crippen LogP contribution is -2.41. The molecule has 0 bridgehead atoms. The van der Waals surface area contributed by atoms with Gasteiger partial charge < -0.3 is 10.6 Å². The van der Waals surface area contributed by atoms with E-state index in [-0.39, 0.29) is 5.91 Å². The second-order valence-corrected chi connectivity index (χ2v) is 6.22. The number of likely N-dealkylation sites (N-methyl/N-ethyl adjacent to an activating group) is 1. The molecule has 1 aromatic rings. The predicted octanol–water partition coefficient (Wildman–Crippen LogP) is 2.58. The van der Waals surface area contributed by atoms with Crippen molar-refractivity contribution >= 4 is 23.2 Å². The fourth-order valence-corrected chi connectivity index (χ4v) is 3.38. The summed E-state index contributed by atoms with van der Waals surface area (Å²) in [5.41, 5.74) is 2.84. The van der Waals surface area contributed by atoms with Crippen LogP contribution in [0.4, 0.5) is 5.69 Å². The van der Waals surface area contributed by atoms with E-state index >= 15 is 0 Å². The number of aryl methyl sites for hydroxylation is 2. The van der Waals surface area contributed by atoms with E-state index in [1.165, 1.54) is 0 Å². The van der Waals surface area contributed by atoms with Crippen LogP contribution in [-0.2, 0) is 4.79 Å². The van der Waals surface area contributed by atoms with Gasteiger partial charge in [0.15, 0.2) is 0 Å². The van der Waals surface area contributed by atoms with Crippen LogP contribution in [0.1, 0.15) is 24.0 Å². The Bertz CT molecular complexity index is 495. The van der Waals surface area contributed by atoms with E-state index in [1.807, 2.05) is 33.0 Å². The maximum absolute atomic E-state index is 12.3. The van der Waals surface area contributed by atoms with Gasteiger partial charge in [-0.3, -0.25) is 9.69 Å². The van der Waals surface area contributed by atoms with Gasteiger partial charge in [0.25, 0.3) is 0 Å². The molecule has 1 atom stereocenters. The fourth-order valence-electron chi connectivity index (χ4n) is 3.01. The lowest BCUT2D eigenvalue weighted by Gasteiger charge is -2.23. The summed E-state index contributed by atoms with van der Waals surface area (Å²) in [6, 6.07) is 4.36. The van der Waals surface area contributed by atoms with E-state index in [9.17, 15) is 4.79 Å². The molecule has 1 amide bonds. The summed E-state index contributed by atoms with van der Waals surface area (Å²) < 4.78 is 0. The average Bonchev–Trinajstić information content (AvgIpc) is 2.82. The minimum Gasteiger partial charge on any atom is -0.323 e. The second-order valence-electron chi connectivity index (χ2n) is 5.81. The lowest BCUT2D eigenvalue weighted by molar-refractivity contribution is -0.117. The molecule has 5 heteroatoms. The van der Waals surface area contributed by atoms with Gasteiger partial charge in [0.05, 0.1) is 17.3 Å². The van der Waals surface area contributed by atoms with Crippen LogP contribution in [0.15, 0.2) is 12.1 Å². The van der Waals surface area contributed by atoms with Gasteiger partial charge in [-0.2, -0.15) is 0 Å². The molecule has 0 spiro atoms. The SMILES string of the molecule is CNCC1CCCN1CC(=O)Nc1c(C)cc(C)cc1Cl. The van der Waals surface area contributed by atoms with Crippen LogP contribution in [0.5, 0.6) is 0 Å². The largest absolute Gasteiger partial charge is 0.323 e. The molecule has 1 heterocycles. The number of nitrogens with zero attached hydrogens (tertiary/aromatic N) is 1. The van der Waals surface area contributed by atoms with Gasteiger partial charge in [0.2, 0.25) is 5.91 Å². The molecule has 0 saturated carbocycles. The smallest absolute Gasteiger partial charge is 0.238 e. The quantitative estimate of drug-likeness (QED) is 0.878.